The first kappa shape index (κ1) is 32.0. The standard InChI is InChI=1S/C24H42N2O13/c1-8-13(6-27)38-23(16(18(8)31)26-12(5)29)39-21-14(37-22(34)15(20(21)33)25-11(4)28)7-35-24-19(32)9(2)17(30)10(3)36-24/h8-10,13-24,27,30-34H,6-7H2,1-5H3,(H,25,28)(H,26,29)/t8-,9+,10?,13+,14?,15+,16?,17?,18?,19-,20-,21?,22?,23?,24-/m1/s1. The quantitative estimate of drug-likeness (QED) is 0.142. The van der Waals surface area contributed by atoms with Crippen LogP contribution < -0.4 is 10.6 Å². The third kappa shape index (κ3) is 7.23. The highest BCUT2D eigenvalue weighted by Gasteiger charge is 2.51. The maximum Gasteiger partial charge on any atom is 0.217 e. The van der Waals surface area contributed by atoms with Crippen LogP contribution in [-0.2, 0) is 33.3 Å². The summed E-state index contributed by atoms with van der Waals surface area (Å²) in [5.74, 6) is -2.22. The van der Waals surface area contributed by atoms with Gasteiger partial charge in [-0.3, -0.25) is 9.59 Å². The minimum atomic E-state index is -1.68. The summed E-state index contributed by atoms with van der Waals surface area (Å²) in [6, 6.07) is -2.43. The predicted octanol–water partition coefficient (Wildman–Crippen LogP) is -3.71. The van der Waals surface area contributed by atoms with Crippen LogP contribution >= 0.6 is 0 Å². The molecule has 0 bridgehead atoms. The number of rotatable bonds is 8. The molecule has 2 amide bonds. The van der Waals surface area contributed by atoms with Gasteiger partial charge in [-0.1, -0.05) is 13.8 Å². The van der Waals surface area contributed by atoms with Gasteiger partial charge >= 0.3 is 0 Å². The van der Waals surface area contributed by atoms with Crippen molar-refractivity contribution in [1.29, 1.82) is 0 Å². The number of hydrogen-bond donors (Lipinski definition) is 8. The third-order valence-electron chi connectivity index (χ3n) is 7.61. The van der Waals surface area contributed by atoms with Crippen molar-refractivity contribution in [1.82, 2.24) is 10.6 Å². The largest absolute Gasteiger partial charge is 0.394 e. The molecule has 0 saturated carbocycles. The highest BCUT2D eigenvalue weighted by atomic mass is 16.7. The van der Waals surface area contributed by atoms with Gasteiger partial charge in [-0.05, 0) is 6.92 Å². The number of aliphatic hydroxyl groups excluding tert-OH is 6. The maximum absolute atomic E-state index is 11.9. The van der Waals surface area contributed by atoms with Crippen molar-refractivity contribution in [2.45, 2.75) is 114 Å². The van der Waals surface area contributed by atoms with Gasteiger partial charge in [0.15, 0.2) is 18.9 Å². The molecular weight excluding hydrogens is 524 g/mol. The lowest BCUT2D eigenvalue weighted by Crippen LogP contribution is -2.68. The van der Waals surface area contributed by atoms with E-state index in [1.54, 1.807) is 20.8 Å². The van der Waals surface area contributed by atoms with Gasteiger partial charge in [0.05, 0.1) is 37.6 Å². The zero-order chi connectivity index (χ0) is 29.2. The van der Waals surface area contributed by atoms with E-state index in [0.717, 1.165) is 0 Å². The normalized spacial score (nSPS) is 46.9. The molecule has 15 heteroatoms. The molecule has 0 aromatic heterocycles. The van der Waals surface area contributed by atoms with E-state index in [1.165, 1.54) is 13.8 Å². The molecule has 8 unspecified atom stereocenters. The number of nitrogens with one attached hydrogen (secondary N) is 2. The Labute approximate surface area is 226 Å². The minimum Gasteiger partial charge on any atom is -0.394 e. The molecule has 3 heterocycles. The van der Waals surface area contributed by atoms with E-state index in [2.05, 4.69) is 10.6 Å². The summed E-state index contributed by atoms with van der Waals surface area (Å²) < 4.78 is 28.8. The lowest BCUT2D eigenvalue weighted by Gasteiger charge is -2.48. The van der Waals surface area contributed by atoms with Crippen molar-refractivity contribution < 1.29 is 63.9 Å². The molecule has 0 radical (unpaired) electrons. The highest BCUT2D eigenvalue weighted by Crippen LogP contribution is 2.32. The maximum atomic E-state index is 11.9. The molecule has 3 fully saturated rings. The summed E-state index contributed by atoms with van der Waals surface area (Å²) in [5, 5.41) is 67.9. The van der Waals surface area contributed by atoms with Crippen molar-refractivity contribution in [2.75, 3.05) is 13.2 Å². The Bertz CT molecular complexity index is 836. The molecule has 15 nitrogen and oxygen atoms in total. The molecule has 15 atom stereocenters. The van der Waals surface area contributed by atoms with E-state index in [4.69, 9.17) is 23.7 Å². The summed E-state index contributed by atoms with van der Waals surface area (Å²) >= 11 is 0. The number of carbonyl (C=O) groups excluding carboxylic acids is 2. The predicted molar refractivity (Wildman–Crippen MR) is 129 cm³/mol. The van der Waals surface area contributed by atoms with E-state index in [-0.39, 0.29) is 6.61 Å². The van der Waals surface area contributed by atoms with Gasteiger partial charge < -0.3 is 65.0 Å². The number of hydrogen-bond acceptors (Lipinski definition) is 13. The smallest absolute Gasteiger partial charge is 0.217 e. The summed E-state index contributed by atoms with van der Waals surface area (Å²) in [6.45, 7) is 6.44. The third-order valence-corrected chi connectivity index (χ3v) is 7.61. The Morgan fingerprint density at radius 3 is 1.95 bits per heavy atom. The molecule has 8 N–H and O–H groups in total. The molecule has 3 aliphatic rings. The topological polar surface area (TPSA) is 226 Å². The molecule has 39 heavy (non-hydrogen) atoms. The molecule has 3 rings (SSSR count). The summed E-state index contributed by atoms with van der Waals surface area (Å²) in [5.41, 5.74) is 0. The van der Waals surface area contributed by atoms with Gasteiger partial charge in [-0.15, -0.1) is 0 Å². The van der Waals surface area contributed by atoms with Crippen LogP contribution in [-0.4, -0.2) is 135 Å². The first-order chi connectivity index (χ1) is 18.3. The Kier molecular flexibility index (Phi) is 11.0. The second kappa shape index (κ2) is 13.4. The van der Waals surface area contributed by atoms with E-state index in [0.29, 0.717) is 0 Å². The lowest BCUT2D eigenvalue weighted by molar-refractivity contribution is -0.335. The fourth-order valence-corrected chi connectivity index (χ4v) is 5.16. The number of aliphatic hydroxyl groups is 6. The molecule has 0 spiro atoms. The molecule has 3 aliphatic heterocycles. The van der Waals surface area contributed by atoms with E-state index in [9.17, 15) is 40.2 Å². The van der Waals surface area contributed by atoms with Gasteiger partial charge in [-0.2, -0.15) is 0 Å². The first-order valence-electron chi connectivity index (χ1n) is 13.1. The fourth-order valence-electron chi connectivity index (χ4n) is 5.16. The zero-order valence-electron chi connectivity index (χ0n) is 22.6. The average molecular weight is 567 g/mol. The van der Waals surface area contributed by atoms with Crippen molar-refractivity contribution in [2.24, 2.45) is 11.8 Å². The molecule has 0 aromatic rings. The Morgan fingerprint density at radius 2 is 1.36 bits per heavy atom. The van der Waals surface area contributed by atoms with Gasteiger partial charge in [-0.25, -0.2) is 0 Å². The SMILES string of the molecule is CC(=O)NC1C(OC2C(CO[C@@H]3OC(C)C(O)[C@H](C)[C@H]3O)OC(O)[C@@H](NC(C)=O)[C@H]2O)O[C@@H](CO)[C@@H](C)C1O. The van der Waals surface area contributed by atoms with Gasteiger partial charge in [0.25, 0.3) is 0 Å². The highest BCUT2D eigenvalue weighted by molar-refractivity contribution is 5.73. The number of ether oxygens (including phenoxy) is 5. The Morgan fingerprint density at radius 1 is 0.744 bits per heavy atom. The first-order valence-corrected chi connectivity index (χ1v) is 13.1. The van der Waals surface area contributed by atoms with E-state index < -0.39 is 110 Å². The molecule has 226 valence electrons. The second-order valence-electron chi connectivity index (χ2n) is 10.6. The fraction of sp³-hybridized carbons (Fsp3) is 0.917. The Hall–Kier alpha value is -1.50. The van der Waals surface area contributed by atoms with Gasteiger partial charge in [0, 0.05) is 25.7 Å². The van der Waals surface area contributed by atoms with Crippen LogP contribution in [0.3, 0.4) is 0 Å². The van der Waals surface area contributed by atoms with Gasteiger partial charge in [0.1, 0.15) is 36.5 Å². The monoisotopic (exact) mass is 566 g/mol. The van der Waals surface area contributed by atoms with E-state index >= 15 is 0 Å². The van der Waals surface area contributed by atoms with Crippen molar-refractivity contribution in [3.63, 3.8) is 0 Å². The van der Waals surface area contributed by atoms with Crippen molar-refractivity contribution >= 4 is 11.8 Å². The lowest BCUT2D eigenvalue weighted by atomic mass is 9.89. The summed E-state index contributed by atoms with van der Waals surface area (Å²) in [4.78, 5) is 23.6. The van der Waals surface area contributed by atoms with Crippen LogP contribution in [0.2, 0.25) is 0 Å². The second-order valence-corrected chi connectivity index (χ2v) is 10.6. The van der Waals surface area contributed by atoms with Gasteiger partial charge in [0.2, 0.25) is 11.8 Å². The average Bonchev–Trinajstić information content (AvgIpc) is 2.87. The zero-order valence-corrected chi connectivity index (χ0v) is 22.6. The molecular formula is C24H42N2O13. The van der Waals surface area contributed by atoms with Crippen LogP contribution in [0, 0.1) is 11.8 Å². The van der Waals surface area contributed by atoms with Crippen LogP contribution in [0.5, 0.6) is 0 Å². The van der Waals surface area contributed by atoms with Crippen LogP contribution in [0.1, 0.15) is 34.6 Å². The minimum absolute atomic E-state index is 0.386. The van der Waals surface area contributed by atoms with E-state index in [1.807, 2.05) is 0 Å². The number of amides is 2. The van der Waals surface area contributed by atoms with Crippen LogP contribution in [0.4, 0.5) is 0 Å². The van der Waals surface area contributed by atoms with Crippen molar-refractivity contribution in [3.05, 3.63) is 0 Å². The van der Waals surface area contributed by atoms with Crippen LogP contribution in [0.15, 0.2) is 0 Å². The summed E-state index contributed by atoms with van der Waals surface area (Å²) in [7, 11) is 0. The van der Waals surface area contributed by atoms with Crippen molar-refractivity contribution in [3.8, 4) is 0 Å². The molecule has 3 saturated heterocycles. The number of carbonyl (C=O) groups is 2. The van der Waals surface area contributed by atoms with Crippen LogP contribution in [0.25, 0.3) is 0 Å². The summed E-state index contributed by atoms with van der Waals surface area (Å²) in [6.07, 6.45) is -13.3. The molecule has 0 aliphatic carbocycles. The Balaban J connectivity index is 1.84. The molecule has 0 aromatic carbocycles.